The second-order valence-electron chi connectivity index (χ2n) is 7.61. The minimum atomic E-state index is -4.82. The van der Waals surface area contributed by atoms with Crippen LogP contribution in [0.25, 0.3) is 10.2 Å². The summed E-state index contributed by atoms with van der Waals surface area (Å²) in [5.74, 6) is -0.660. The van der Waals surface area contributed by atoms with Crippen LogP contribution in [0.2, 0.25) is 19.6 Å². The van der Waals surface area contributed by atoms with Crippen molar-refractivity contribution < 1.29 is 22.4 Å². The Balaban J connectivity index is 2.19. The van der Waals surface area contributed by atoms with E-state index in [2.05, 4.69) is 20.9 Å². The summed E-state index contributed by atoms with van der Waals surface area (Å²) in [5.41, 5.74) is -2.16. The minimum absolute atomic E-state index is 0.182. The Kier molecular flexibility index (Phi) is 6.06. The summed E-state index contributed by atoms with van der Waals surface area (Å²) < 4.78 is 50.6. The lowest BCUT2D eigenvalue weighted by atomic mass is 9.93. The number of halogens is 4. The molecule has 1 heterocycles. The van der Waals surface area contributed by atoms with Gasteiger partial charge in [0.05, 0.1) is 16.6 Å². The van der Waals surface area contributed by atoms with E-state index in [-0.39, 0.29) is 10.6 Å². The number of hydrogen-bond acceptors (Lipinski definition) is 4. The molecular weight excluding hydrogens is 483 g/mol. The van der Waals surface area contributed by atoms with Crippen LogP contribution >= 0.6 is 27.3 Å². The maximum Gasteiger partial charge on any atom is 0.423 e. The lowest BCUT2D eigenvalue weighted by molar-refractivity contribution is -0.256. The van der Waals surface area contributed by atoms with Crippen LogP contribution < -0.4 is 0 Å². The summed E-state index contributed by atoms with van der Waals surface area (Å²) >= 11 is 4.17. The number of para-hydroxylation sites is 1. The van der Waals surface area contributed by atoms with Crippen LogP contribution in [-0.2, 0) is 10.0 Å². The molecule has 0 spiro atoms. The zero-order valence-corrected chi connectivity index (χ0v) is 19.4. The van der Waals surface area contributed by atoms with Crippen molar-refractivity contribution in [2.24, 2.45) is 0 Å². The Morgan fingerprint density at radius 1 is 1.10 bits per heavy atom. The van der Waals surface area contributed by atoms with Gasteiger partial charge in [-0.3, -0.25) is 4.79 Å². The van der Waals surface area contributed by atoms with Crippen molar-refractivity contribution in [3.63, 3.8) is 0 Å². The molecule has 0 unspecified atom stereocenters. The van der Waals surface area contributed by atoms with E-state index in [4.69, 9.17) is 4.43 Å². The Bertz CT molecular complexity index is 1010. The first-order chi connectivity index (χ1) is 13.4. The van der Waals surface area contributed by atoms with Crippen LogP contribution in [0.1, 0.15) is 21.8 Å². The van der Waals surface area contributed by atoms with Crippen LogP contribution in [-0.4, -0.2) is 25.3 Å². The lowest BCUT2D eigenvalue weighted by Crippen LogP contribution is -2.52. The fourth-order valence-electron chi connectivity index (χ4n) is 3.01. The highest BCUT2D eigenvalue weighted by Crippen LogP contribution is 2.49. The molecule has 154 valence electrons. The Labute approximate surface area is 180 Å². The van der Waals surface area contributed by atoms with Crippen LogP contribution in [0.4, 0.5) is 13.2 Å². The summed E-state index contributed by atoms with van der Waals surface area (Å²) in [6.45, 7) is 5.01. The molecule has 3 rings (SSSR count). The number of aromatic nitrogens is 1. The molecule has 0 aliphatic carbocycles. The van der Waals surface area contributed by atoms with Crippen molar-refractivity contribution in [2.75, 3.05) is 0 Å². The molecule has 29 heavy (non-hydrogen) atoms. The third-order valence-corrected chi connectivity index (χ3v) is 6.99. The molecule has 3 nitrogen and oxygen atoms in total. The smallest absolute Gasteiger partial charge is 0.398 e. The van der Waals surface area contributed by atoms with E-state index in [0.29, 0.717) is 14.7 Å². The average molecular weight is 502 g/mol. The maximum atomic E-state index is 14.6. The molecule has 0 aliphatic rings. The van der Waals surface area contributed by atoms with Gasteiger partial charge in [-0.05, 0) is 37.8 Å². The zero-order valence-electron chi connectivity index (χ0n) is 16.0. The normalized spacial score (nSPS) is 14.7. The number of benzene rings is 2. The van der Waals surface area contributed by atoms with Crippen molar-refractivity contribution in [1.82, 2.24) is 4.98 Å². The Hall–Kier alpha value is -1.55. The number of ketones is 1. The Morgan fingerprint density at radius 2 is 1.72 bits per heavy atom. The van der Waals surface area contributed by atoms with E-state index in [1.165, 1.54) is 6.07 Å². The lowest BCUT2D eigenvalue weighted by Gasteiger charge is -2.38. The molecule has 2 aromatic carbocycles. The number of carbonyl (C=O) groups is 1. The summed E-state index contributed by atoms with van der Waals surface area (Å²) in [6.07, 6.45) is -5.69. The summed E-state index contributed by atoms with van der Waals surface area (Å²) in [7, 11) is -2.73. The summed E-state index contributed by atoms with van der Waals surface area (Å²) in [5, 5.41) is -0.242. The van der Waals surface area contributed by atoms with Gasteiger partial charge in [-0.15, -0.1) is 11.3 Å². The van der Waals surface area contributed by atoms with E-state index in [1.807, 2.05) is 0 Å². The molecule has 0 saturated carbocycles. The quantitative estimate of drug-likeness (QED) is 0.271. The highest BCUT2D eigenvalue weighted by Gasteiger charge is 2.61. The number of carbonyl (C=O) groups excluding carboxylic acids is 1. The first kappa shape index (κ1) is 22.1. The van der Waals surface area contributed by atoms with Crippen LogP contribution in [0, 0.1) is 0 Å². The second kappa shape index (κ2) is 7.94. The highest BCUT2D eigenvalue weighted by molar-refractivity contribution is 9.10. The predicted octanol–water partition coefficient (Wildman–Crippen LogP) is 6.94. The van der Waals surface area contributed by atoms with Crippen LogP contribution in [0.5, 0.6) is 0 Å². The van der Waals surface area contributed by atoms with Crippen LogP contribution in [0.15, 0.2) is 53.0 Å². The fraction of sp³-hybridized carbons (Fsp3) is 0.300. The minimum Gasteiger partial charge on any atom is -0.398 e. The molecule has 1 aromatic heterocycles. The van der Waals surface area contributed by atoms with Gasteiger partial charge in [-0.2, -0.15) is 13.2 Å². The molecule has 0 amide bonds. The van der Waals surface area contributed by atoms with Gasteiger partial charge in [-0.1, -0.05) is 46.3 Å². The van der Waals surface area contributed by atoms with E-state index < -0.39 is 32.3 Å². The van der Waals surface area contributed by atoms with Gasteiger partial charge in [0.15, 0.2) is 14.1 Å². The molecule has 0 radical (unpaired) electrons. The summed E-state index contributed by atoms with van der Waals surface area (Å²) in [4.78, 5) is 17.2. The van der Waals surface area contributed by atoms with Crippen molar-refractivity contribution in [2.45, 2.75) is 37.8 Å². The highest BCUT2D eigenvalue weighted by atomic mass is 79.9. The van der Waals surface area contributed by atoms with Crippen molar-refractivity contribution in [1.29, 1.82) is 0 Å². The number of Topliss-reactive ketones (excluding diaryl/α,β-unsaturated/α-hetero) is 1. The summed E-state index contributed by atoms with van der Waals surface area (Å²) in [6, 6.07) is 13.3. The number of nitrogens with zero attached hydrogens (tertiary/aromatic N) is 1. The van der Waals surface area contributed by atoms with Gasteiger partial charge in [0.1, 0.15) is 5.01 Å². The number of hydrogen-bond donors (Lipinski definition) is 0. The molecule has 0 aliphatic heterocycles. The molecule has 3 aromatic rings. The fourth-order valence-corrected chi connectivity index (χ4v) is 6.03. The maximum absolute atomic E-state index is 14.6. The van der Waals surface area contributed by atoms with Gasteiger partial charge in [0.25, 0.3) is 0 Å². The van der Waals surface area contributed by atoms with Gasteiger partial charge in [-0.25, -0.2) is 4.98 Å². The topological polar surface area (TPSA) is 39.2 Å². The van der Waals surface area contributed by atoms with Crippen molar-refractivity contribution in [3.8, 4) is 0 Å². The van der Waals surface area contributed by atoms with E-state index in [9.17, 15) is 18.0 Å². The van der Waals surface area contributed by atoms with E-state index in [1.54, 1.807) is 62.1 Å². The molecule has 0 saturated heterocycles. The average Bonchev–Trinajstić information content (AvgIpc) is 3.03. The largest absolute Gasteiger partial charge is 0.423 e. The molecule has 1 atom stereocenters. The van der Waals surface area contributed by atoms with E-state index >= 15 is 0 Å². The predicted molar refractivity (Wildman–Crippen MR) is 115 cm³/mol. The van der Waals surface area contributed by atoms with Crippen molar-refractivity contribution in [3.05, 3.63) is 63.6 Å². The number of fused-ring (bicyclic) bond motifs is 1. The monoisotopic (exact) mass is 501 g/mol. The van der Waals surface area contributed by atoms with Gasteiger partial charge >= 0.3 is 6.18 Å². The number of alkyl halides is 3. The first-order valence-corrected chi connectivity index (χ1v) is 13.9. The molecule has 9 heteroatoms. The zero-order chi connectivity index (χ0) is 21.4. The third kappa shape index (κ3) is 4.63. The van der Waals surface area contributed by atoms with E-state index in [0.717, 1.165) is 11.3 Å². The van der Waals surface area contributed by atoms with Gasteiger partial charge in [0, 0.05) is 10.0 Å². The first-order valence-electron chi connectivity index (χ1n) is 8.84. The van der Waals surface area contributed by atoms with Gasteiger partial charge < -0.3 is 4.43 Å². The third-order valence-electron chi connectivity index (χ3n) is 4.16. The SMILES string of the molecule is C[Si](C)(C)O[C@](CC(=O)c1ccccc1Br)(c1nc2ccccc2s1)C(F)(F)F. The second-order valence-corrected chi connectivity index (χ2v) is 13.9. The molecule has 0 bridgehead atoms. The molecule has 0 fully saturated rings. The van der Waals surface area contributed by atoms with Crippen molar-refractivity contribution >= 4 is 51.6 Å². The number of rotatable bonds is 6. The molecular formula is C20H19BrF3NO2SSi. The number of thiazole rings is 1. The standard InChI is InChI=1S/C20H19BrF3NO2SSi/c1-29(2,3)27-19(20(22,23)24,12-16(26)13-8-4-5-9-14(13)21)18-25-15-10-6-7-11-17(15)28-18/h4-11H,12H2,1-3H3/t19-/m1/s1. The Morgan fingerprint density at radius 3 is 2.31 bits per heavy atom. The molecule has 0 N–H and O–H groups in total. The van der Waals surface area contributed by atoms with Crippen LogP contribution in [0.3, 0.4) is 0 Å². The van der Waals surface area contributed by atoms with Gasteiger partial charge in [0.2, 0.25) is 5.60 Å².